The Labute approximate surface area is 126 Å². The van der Waals surface area contributed by atoms with Gasteiger partial charge in [0.2, 0.25) is 0 Å². The molecule has 0 aliphatic rings. The van der Waals surface area contributed by atoms with Gasteiger partial charge in [-0.2, -0.15) is 5.10 Å². The van der Waals surface area contributed by atoms with Gasteiger partial charge in [-0.1, -0.05) is 12.1 Å². The van der Waals surface area contributed by atoms with E-state index in [9.17, 15) is 4.79 Å². The highest BCUT2D eigenvalue weighted by atomic mass is 79.9. The molecule has 0 spiro atoms. The number of halogens is 1. The summed E-state index contributed by atoms with van der Waals surface area (Å²) in [6.07, 6.45) is 0.00907. The van der Waals surface area contributed by atoms with Crippen LogP contribution in [0.5, 0.6) is 5.75 Å². The molecule has 1 N–H and O–H groups in total. The van der Waals surface area contributed by atoms with Crippen LogP contribution in [0.2, 0.25) is 0 Å². The van der Waals surface area contributed by atoms with Crippen LogP contribution in [-0.4, -0.2) is 21.8 Å². The molecule has 5 nitrogen and oxygen atoms in total. The molecule has 0 fully saturated rings. The van der Waals surface area contributed by atoms with Gasteiger partial charge in [-0.15, -0.1) is 0 Å². The van der Waals surface area contributed by atoms with Gasteiger partial charge < -0.3 is 10.1 Å². The summed E-state index contributed by atoms with van der Waals surface area (Å²) < 4.78 is 7.91. The molecular formula is C14H16BrN3O2. The molecule has 20 heavy (non-hydrogen) atoms. The summed E-state index contributed by atoms with van der Waals surface area (Å²) >= 11 is 3.27. The zero-order chi connectivity index (χ0) is 14.7. The molecule has 0 bridgehead atoms. The Bertz CT molecular complexity index is 623. The number of hydrogen-bond donors (Lipinski definition) is 1. The van der Waals surface area contributed by atoms with Gasteiger partial charge in [0.25, 0.3) is 5.91 Å². The number of aryl methyl sites for hydroxylation is 1. The van der Waals surface area contributed by atoms with Gasteiger partial charge in [0.15, 0.2) is 0 Å². The maximum Gasteiger partial charge on any atom is 0.260 e. The smallest absolute Gasteiger partial charge is 0.260 e. The predicted molar refractivity (Wildman–Crippen MR) is 81.1 cm³/mol. The number of aromatic nitrogens is 2. The lowest BCUT2D eigenvalue weighted by Gasteiger charge is -2.13. The van der Waals surface area contributed by atoms with Crippen LogP contribution in [0.25, 0.3) is 0 Å². The molecule has 0 aliphatic heterocycles. The van der Waals surface area contributed by atoms with Crippen molar-refractivity contribution in [3.63, 3.8) is 0 Å². The Balaban J connectivity index is 2.23. The highest BCUT2D eigenvalue weighted by Crippen LogP contribution is 2.21. The van der Waals surface area contributed by atoms with Gasteiger partial charge in [0.1, 0.15) is 16.2 Å². The summed E-state index contributed by atoms with van der Waals surface area (Å²) in [5.41, 5.74) is 0.499. The minimum atomic E-state index is -0.225. The van der Waals surface area contributed by atoms with Crippen molar-refractivity contribution in [3.05, 3.63) is 40.5 Å². The first kappa shape index (κ1) is 14.6. The molecule has 1 aromatic carbocycles. The van der Waals surface area contributed by atoms with Crippen LogP contribution in [0.3, 0.4) is 0 Å². The molecule has 0 aliphatic carbocycles. The molecule has 106 valence electrons. The first-order valence-corrected chi connectivity index (χ1v) is 7.03. The SMILES string of the molecule is CC(C)Oc1ccccc1C(=O)Nc1cc(Br)nn1C. The lowest BCUT2D eigenvalue weighted by atomic mass is 10.2. The number of amides is 1. The second kappa shape index (κ2) is 6.09. The lowest BCUT2D eigenvalue weighted by molar-refractivity contribution is 0.102. The van der Waals surface area contributed by atoms with Crippen molar-refractivity contribution in [1.29, 1.82) is 0 Å². The molecule has 2 aromatic rings. The third-order valence-electron chi connectivity index (χ3n) is 2.59. The van der Waals surface area contributed by atoms with E-state index >= 15 is 0 Å². The first-order valence-electron chi connectivity index (χ1n) is 6.24. The van der Waals surface area contributed by atoms with E-state index < -0.39 is 0 Å². The zero-order valence-corrected chi connectivity index (χ0v) is 13.1. The minimum Gasteiger partial charge on any atom is -0.490 e. The highest BCUT2D eigenvalue weighted by Gasteiger charge is 2.15. The monoisotopic (exact) mass is 337 g/mol. The van der Waals surface area contributed by atoms with E-state index in [1.165, 1.54) is 0 Å². The number of rotatable bonds is 4. The van der Waals surface area contributed by atoms with Gasteiger partial charge in [0, 0.05) is 13.1 Å². The van der Waals surface area contributed by atoms with Crippen LogP contribution in [0.15, 0.2) is 34.9 Å². The average Bonchev–Trinajstić information content (AvgIpc) is 2.67. The number of benzene rings is 1. The molecule has 6 heteroatoms. The third kappa shape index (κ3) is 3.39. The van der Waals surface area contributed by atoms with E-state index in [1.54, 1.807) is 36.0 Å². The number of ether oxygens (including phenoxy) is 1. The van der Waals surface area contributed by atoms with Crippen LogP contribution >= 0.6 is 15.9 Å². The number of hydrogen-bond acceptors (Lipinski definition) is 3. The van der Waals surface area contributed by atoms with Crippen LogP contribution < -0.4 is 10.1 Å². The van der Waals surface area contributed by atoms with Gasteiger partial charge in [0.05, 0.1) is 11.7 Å². The first-order chi connectivity index (χ1) is 9.47. The Morgan fingerprint density at radius 1 is 1.40 bits per heavy atom. The summed E-state index contributed by atoms with van der Waals surface area (Å²) in [6.45, 7) is 3.85. The van der Waals surface area contributed by atoms with Crippen molar-refractivity contribution < 1.29 is 9.53 Å². The third-order valence-corrected chi connectivity index (χ3v) is 2.97. The molecule has 0 saturated heterocycles. The predicted octanol–water partition coefficient (Wildman–Crippen LogP) is 3.22. The van der Waals surface area contributed by atoms with E-state index in [4.69, 9.17) is 4.74 Å². The second-order valence-corrected chi connectivity index (χ2v) is 5.41. The second-order valence-electron chi connectivity index (χ2n) is 4.59. The summed E-state index contributed by atoms with van der Waals surface area (Å²) in [5, 5.41) is 6.93. The van der Waals surface area contributed by atoms with Crippen molar-refractivity contribution >= 4 is 27.7 Å². The Kier molecular flexibility index (Phi) is 4.44. The summed E-state index contributed by atoms with van der Waals surface area (Å²) in [4.78, 5) is 12.3. The molecular weight excluding hydrogens is 322 g/mol. The van der Waals surface area contributed by atoms with Gasteiger partial charge in [-0.25, -0.2) is 0 Å². The molecule has 2 rings (SSSR count). The lowest BCUT2D eigenvalue weighted by Crippen LogP contribution is -2.17. The van der Waals surface area contributed by atoms with E-state index in [0.717, 1.165) is 0 Å². The summed E-state index contributed by atoms with van der Waals surface area (Å²) in [5.74, 6) is 0.958. The number of para-hydroxylation sites is 1. The number of carbonyl (C=O) groups is 1. The van der Waals surface area contributed by atoms with Gasteiger partial charge in [-0.3, -0.25) is 9.48 Å². The zero-order valence-electron chi connectivity index (χ0n) is 11.6. The van der Waals surface area contributed by atoms with Crippen molar-refractivity contribution in [3.8, 4) is 5.75 Å². The van der Waals surface area contributed by atoms with E-state index in [0.29, 0.717) is 21.7 Å². The fraction of sp³-hybridized carbons (Fsp3) is 0.286. The number of carbonyl (C=O) groups excluding carboxylic acids is 1. The fourth-order valence-electron chi connectivity index (χ4n) is 1.74. The topological polar surface area (TPSA) is 56.1 Å². The van der Waals surface area contributed by atoms with Crippen LogP contribution in [0, 0.1) is 0 Å². The molecule has 0 unspecified atom stereocenters. The van der Waals surface area contributed by atoms with Crippen molar-refractivity contribution in [2.24, 2.45) is 7.05 Å². The van der Waals surface area contributed by atoms with E-state index in [-0.39, 0.29) is 12.0 Å². The summed E-state index contributed by atoms with van der Waals surface area (Å²) in [7, 11) is 1.76. The standard InChI is InChI=1S/C14H16BrN3O2/c1-9(2)20-11-7-5-4-6-10(11)14(19)16-13-8-12(15)17-18(13)3/h4-9H,1-3H3,(H,16,19). The fourth-order valence-corrected chi connectivity index (χ4v) is 2.20. The van der Waals surface area contributed by atoms with Gasteiger partial charge in [-0.05, 0) is 41.9 Å². The van der Waals surface area contributed by atoms with Crippen LogP contribution in [-0.2, 0) is 7.05 Å². The van der Waals surface area contributed by atoms with Crippen molar-refractivity contribution in [2.75, 3.05) is 5.32 Å². The number of nitrogens with one attached hydrogen (secondary N) is 1. The Morgan fingerprint density at radius 2 is 2.10 bits per heavy atom. The van der Waals surface area contributed by atoms with Crippen LogP contribution in [0.4, 0.5) is 5.82 Å². The molecule has 0 atom stereocenters. The quantitative estimate of drug-likeness (QED) is 0.931. The normalized spacial score (nSPS) is 10.7. The van der Waals surface area contributed by atoms with Crippen molar-refractivity contribution in [2.45, 2.75) is 20.0 Å². The Morgan fingerprint density at radius 3 is 2.70 bits per heavy atom. The highest BCUT2D eigenvalue weighted by molar-refractivity contribution is 9.10. The molecule has 1 aromatic heterocycles. The van der Waals surface area contributed by atoms with E-state index in [1.807, 2.05) is 19.9 Å². The average molecular weight is 338 g/mol. The number of anilines is 1. The van der Waals surface area contributed by atoms with Gasteiger partial charge >= 0.3 is 0 Å². The van der Waals surface area contributed by atoms with Crippen molar-refractivity contribution in [1.82, 2.24) is 9.78 Å². The molecule has 0 radical (unpaired) electrons. The minimum absolute atomic E-state index is 0.00907. The maximum absolute atomic E-state index is 12.3. The molecule has 0 saturated carbocycles. The summed E-state index contributed by atoms with van der Waals surface area (Å²) in [6, 6.07) is 8.91. The Hall–Kier alpha value is -1.82. The maximum atomic E-state index is 12.3. The van der Waals surface area contributed by atoms with E-state index in [2.05, 4.69) is 26.3 Å². The molecule has 1 heterocycles. The van der Waals surface area contributed by atoms with Crippen LogP contribution in [0.1, 0.15) is 24.2 Å². The largest absolute Gasteiger partial charge is 0.490 e. The number of nitrogens with zero attached hydrogens (tertiary/aromatic N) is 2. The molecule has 1 amide bonds.